The van der Waals surface area contributed by atoms with Gasteiger partial charge in [0.2, 0.25) is 5.91 Å². The molecule has 1 aliphatic rings. The second-order valence-corrected chi connectivity index (χ2v) is 6.07. The van der Waals surface area contributed by atoms with Crippen molar-refractivity contribution in [2.45, 2.75) is 45.4 Å². The minimum absolute atomic E-state index is 0.0733. The van der Waals surface area contributed by atoms with Gasteiger partial charge in [-0.25, -0.2) is 0 Å². The summed E-state index contributed by atoms with van der Waals surface area (Å²) in [6.07, 6.45) is 0.720. The first-order valence-corrected chi connectivity index (χ1v) is 7.22. The number of likely N-dealkylation sites (N-methyl/N-ethyl adjacent to an activating group) is 1. The van der Waals surface area contributed by atoms with Crippen molar-refractivity contribution in [3.63, 3.8) is 0 Å². The molecule has 2 N–H and O–H groups in total. The molecule has 2 rings (SSSR count). The summed E-state index contributed by atoms with van der Waals surface area (Å²) in [5.74, 6) is 0.0733. The fourth-order valence-electron chi connectivity index (χ4n) is 2.66. The van der Waals surface area contributed by atoms with E-state index in [1.165, 1.54) is 11.1 Å². The van der Waals surface area contributed by atoms with Gasteiger partial charge in [0.1, 0.15) is 0 Å². The molecule has 20 heavy (non-hydrogen) atoms. The summed E-state index contributed by atoms with van der Waals surface area (Å²) in [7, 11) is 0. The Hall–Kier alpha value is -1.39. The summed E-state index contributed by atoms with van der Waals surface area (Å²) in [4.78, 5) is 14.3. The summed E-state index contributed by atoms with van der Waals surface area (Å²) >= 11 is 0. The molecule has 1 aliphatic heterocycles. The van der Waals surface area contributed by atoms with Crippen molar-refractivity contribution in [2.24, 2.45) is 0 Å². The summed E-state index contributed by atoms with van der Waals surface area (Å²) in [5, 5.41) is 13.2. The van der Waals surface area contributed by atoms with Crippen LogP contribution < -0.4 is 5.32 Å². The first-order chi connectivity index (χ1) is 9.40. The van der Waals surface area contributed by atoms with E-state index in [0.717, 1.165) is 13.0 Å². The summed E-state index contributed by atoms with van der Waals surface area (Å²) in [6, 6.07) is 8.03. The second kappa shape index (κ2) is 5.94. The van der Waals surface area contributed by atoms with Gasteiger partial charge in [-0.3, -0.25) is 4.79 Å². The number of carbonyl (C=O) groups is 1. The van der Waals surface area contributed by atoms with Crippen LogP contribution >= 0.6 is 0 Å². The maximum Gasteiger partial charge on any atom is 0.240 e. The van der Waals surface area contributed by atoms with Gasteiger partial charge < -0.3 is 15.3 Å². The molecular formula is C16H24N2O2. The Balaban J connectivity index is 2.07. The lowest BCUT2D eigenvalue weighted by Crippen LogP contribution is -2.52. The van der Waals surface area contributed by atoms with E-state index >= 15 is 0 Å². The third-order valence-electron chi connectivity index (χ3n) is 3.65. The molecule has 0 spiro atoms. The van der Waals surface area contributed by atoms with Crippen LogP contribution in [0.3, 0.4) is 0 Å². The molecule has 0 aromatic heterocycles. The van der Waals surface area contributed by atoms with Crippen molar-refractivity contribution in [1.29, 1.82) is 0 Å². The molecule has 1 heterocycles. The Kier molecular flexibility index (Phi) is 4.45. The Morgan fingerprint density at radius 2 is 2.05 bits per heavy atom. The zero-order valence-electron chi connectivity index (χ0n) is 12.5. The number of fused-ring (bicyclic) bond motifs is 1. The van der Waals surface area contributed by atoms with Crippen molar-refractivity contribution >= 4 is 5.91 Å². The normalized spacial score (nSPS) is 18.5. The van der Waals surface area contributed by atoms with Gasteiger partial charge in [-0.1, -0.05) is 24.3 Å². The van der Waals surface area contributed by atoms with E-state index in [0.29, 0.717) is 13.1 Å². The molecule has 0 bridgehead atoms. The van der Waals surface area contributed by atoms with E-state index < -0.39 is 5.60 Å². The third-order valence-corrected chi connectivity index (χ3v) is 3.65. The van der Waals surface area contributed by atoms with Gasteiger partial charge in [0.15, 0.2) is 0 Å². The van der Waals surface area contributed by atoms with Crippen LogP contribution in [0.15, 0.2) is 24.3 Å². The average Bonchev–Trinajstić information content (AvgIpc) is 2.42. The Bertz CT molecular complexity index is 480. The molecule has 0 saturated carbocycles. The van der Waals surface area contributed by atoms with Crippen LogP contribution in [0.4, 0.5) is 0 Å². The second-order valence-electron chi connectivity index (χ2n) is 6.07. The molecule has 1 aromatic carbocycles. The molecule has 0 unspecified atom stereocenters. The SMILES string of the molecule is CCN(CC(C)(C)O)C(=O)[C@H]1Cc2ccccc2CN1. The smallest absolute Gasteiger partial charge is 0.240 e. The third kappa shape index (κ3) is 3.58. The molecule has 0 fully saturated rings. The lowest BCUT2D eigenvalue weighted by atomic mass is 9.95. The van der Waals surface area contributed by atoms with E-state index in [1.807, 2.05) is 19.1 Å². The van der Waals surface area contributed by atoms with Crippen molar-refractivity contribution in [1.82, 2.24) is 10.2 Å². The van der Waals surface area contributed by atoms with Gasteiger partial charge in [0, 0.05) is 19.6 Å². The van der Waals surface area contributed by atoms with Gasteiger partial charge in [-0.15, -0.1) is 0 Å². The first kappa shape index (κ1) is 15.0. The minimum atomic E-state index is -0.863. The van der Waals surface area contributed by atoms with Crippen molar-refractivity contribution < 1.29 is 9.90 Å². The molecule has 1 aromatic rings. The summed E-state index contributed by atoms with van der Waals surface area (Å²) in [5.41, 5.74) is 1.64. The highest BCUT2D eigenvalue weighted by Crippen LogP contribution is 2.18. The lowest BCUT2D eigenvalue weighted by Gasteiger charge is -2.33. The molecule has 0 radical (unpaired) electrons. The molecule has 1 atom stereocenters. The fourth-order valence-corrected chi connectivity index (χ4v) is 2.66. The van der Waals surface area contributed by atoms with Gasteiger partial charge in [-0.2, -0.15) is 0 Å². The minimum Gasteiger partial charge on any atom is -0.389 e. The van der Waals surface area contributed by atoms with Gasteiger partial charge in [0.05, 0.1) is 11.6 Å². The predicted octanol–water partition coefficient (Wildman–Crippen LogP) is 1.32. The summed E-state index contributed by atoms with van der Waals surface area (Å²) < 4.78 is 0. The highest BCUT2D eigenvalue weighted by Gasteiger charge is 2.29. The number of nitrogens with one attached hydrogen (secondary N) is 1. The highest BCUT2D eigenvalue weighted by molar-refractivity contribution is 5.82. The summed E-state index contributed by atoms with van der Waals surface area (Å²) in [6.45, 7) is 7.11. The zero-order chi connectivity index (χ0) is 14.8. The number of hydrogen-bond donors (Lipinski definition) is 2. The number of aliphatic hydroxyl groups is 1. The number of hydrogen-bond acceptors (Lipinski definition) is 3. The number of benzene rings is 1. The topological polar surface area (TPSA) is 52.6 Å². The Labute approximate surface area is 120 Å². The van der Waals surface area contributed by atoms with Crippen LogP contribution in [-0.4, -0.2) is 40.6 Å². The quantitative estimate of drug-likeness (QED) is 0.872. The van der Waals surface area contributed by atoms with E-state index in [2.05, 4.69) is 17.4 Å². The number of amides is 1. The van der Waals surface area contributed by atoms with Crippen LogP contribution in [0.1, 0.15) is 31.9 Å². The van der Waals surface area contributed by atoms with Gasteiger partial charge in [0.25, 0.3) is 0 Å². The Morgan fingerprint density at radius 3 is 2.65 bits per heavy atom. The Morgan fingerprint density at radius 1 is 1.40 bits per heavy atom. The molecule has 4 nitrogen and oxygen atoms in total. The van der Waals surface area contributed by atoms with Crippen molar-refractivity contribution in [3.05, 3.63) is 35.4 Å². The number of rotatable bonds is 4. The van der Waals surface area contributed by atoms with Gasteiger partial charge >= 0.3 is 0 Å². The maximum absolute atomic E-state index is 12.6. The largest absolute Gasteiger partial charge is 0.389 e. The molecule has 0 saturated heterocycles. The molecule has 1 amide bonds. The van der Waals surface area contributed by atoms with E-state index in [-0.39, 0.29) is 11.9 Å². The van der Waals surface area contributed by atoms with Crippen molar-refractivity contribution in [3.8, 4) is 0 Å². The van der Waals surface area contributed by atoms with Crippen LogP contribution in [-0.2, 0) is 17.8 Å². The fraction of sp³-hybridized carbons (Fsp3) is 0.562. The standard InChI is InChI=1S/C16H24N2O2/c1-4-18(11-16(2,3)20)15(19)14-9-12-7-5-6-8-13(12)10-17-14/h5-8,14,17,20H,4,9-11H2,1-3H3/t14-/m1/s1. The van der Waals surface area contributed by atoms with Crippen molar-refractivity contribution in [2.75, 3.05) is 13.1 Å². The molecule has 0 aliphatic carbocycles. The number of nitrogens with zero attached hydrogens (tertiary/aromatic N) is 1. The van der Waals surface area contributed by atoms with Crippen LogP contribution in [0, 0.1) is 0 Å². The average molecular weight is 276 g/mol. The van der Waals surface area contributed by atoms with E-state index in [1.54, 1.807) is 18.7 Å². The van der Waals surface area contributed by atoms with Crippen LogP contribution in [0.5, 0.6) is 0 Å². The zero-order valence-corrected chi connectivity index (χ0v) is 12.5. The first-order valence-electron chi connectivity index (χ1n) is 7.22. The predicted molar refractivity (Wildman–Crippen MR) is 79.3 cm³/mol. The molecule has 4 heteroatoms. The highest BCUT2D eigenvalue weighted by atomic mass is 16.3. The van der Waals surface area contributed by atoms with E-state index in [4.69, 9.17) is 0 Å². The lowest BCUT2D eigenvalue weighted by molar-refractivity contribution is -0.136. The van der Waals surface area contributed by atoms with Crippen LogP contribution in [0.2, 0.25) is 0 Å². The monoisotopic (exact) mass is 276 g/mol. The van der Waals surface area contributed by atoms with Crippen LogP contribution in [0.25, 0.3) is 0 Å². The van der Waals surface area contributed by atoms with E-state index in [9.17, 15) is 9.90 Å². The molecular weight excluding hydrogens is 252 g/mol. The molecule has 110 valence electrons. The maximum atomic E-state index is 12.6. The van der Waals surface area contributed by atoms with Gasteiger partial charge in [-0.05, 0) is 38.3 Å². The number of carbonyl (C=O) groups excluding carboxylic acids is 1.